The summed E-state index contributed by atoms with van der Waals surface area (Å²) in [6.07, 6.45) is 0.535. The summed E-state index contributed by atoms with van der Waals surface area (Å²) in [4.78, 5) is 36.5. The van der Waals surface area contributed by atoms with E-state index < -0.39 is 28.9 Å². The Labute approximate surface area is 179 Å². The molecule has 1 atom stereocenters. The van der Waals surface area contributed by atoms with Crippen molar-refractivity contribution in [1.29, 1.82) is 0 Å². The van der Waals surface area contributed by atoms with Gasteiger partial charge in [0.1, 0.15) is 11.2 Å². The predicted molar refractivity (Wildman–Crippen MR) is 111 cm³/mol. The van der Waals surface area contributed by atoms with E-state index in [2.05, 4.69) is 10.6 Å². The summed E-state index contributed by atoms with van der Waals surface area (Å²) in [6, 6.07) is -0.507. The minimum absolute atomic E-state index is 0.0255. The van der Waals surface area contributed by atoms with Crippen LogP contribution in [0.15, 0.2) is 0 Å². The van der Waals surface area contributed by atoms with Gasteiger partial charge in [0.2, 0.25) is 0 Å². The maximum absolute atomic E-state index is 12.4. The van der Waals surface area contributed by atoms with Gasteiger partial charge < -0.3 is 24.3 Å². The van der Waals surface area contributed by atoms with Crippen molar-refractivity contribution in [3.8, 4) is 0 Å². The average Bonchev–Trinajstić information content (AvgIpc) is 2.53. The van der Waals surface area contributed by atoms with Crippen LogP contribution < -0.4 is 10.6 Å². The third-order valence-electron chi connectivity index (χ3n) is 4.19. The highest BCUT2D eigenvalue weighted by Crippen LogP contribution is 2.26. The molecule has 0 aromatic heterocycles. The third kappa shape index (κ3) is 9.75. The maximum Gasteiger partial charge on any atom is 0.407 e. The van der Waals surface area contributed by atoms with Crippen molar-refractivity contribution >= 4 is 18.0 Å². The molecule has 2 N–H and O–H groups in total. The van der Waals surface area contributed by atoms with Gasteiger partial charge in [0.05, 0.1) is 37.9 Å². The van der Waals surface area contributed by atoms with Crippen molar-refractivity contribution in [3.63, 3.8) is 0 Å². The molecule has 1 fully saturated rings. The van der Waals surface area contributed by atoms with Crippen LogP contribution in [0.25, 0.3) is 0 Å². The number of rotatable bonds is 10. The molecular weight excluding hydrogens is 392 g/mol. The molecule has 174 valence electrons. The summed E-state index contributed by atoms with van der Waals surface area (Å²) >= 11 is 0. The van der Waals surface area contributed by atoms with Crippen molar-refractivity contribution in [2.75, 3.05) is 26.4 Å². The van der Waals surface area contributed by atoms with Crippen LogP contribution in [0.1, 0.15) is 67.7 Å². The number of nitrogens with one attached hydrogen (secondary N) is 2. The predicted octanol–water partition coefficient (Wildman–Crippen LogP) is 2.31. The van der Waals surface area contributed by atoms with Crippen LogP contribution in [-0.2, 0) is 28.5 Å². The van der Waals surface area contributed by atoms with E-state index in [1.165, 1.54) is 0 Å². The van der Waals surface area contributed by atoms with Gasteiger partial charge in [-0.05, 0) is 54.4 Å². The fourth-order valence-corrected chi connectivity index (χ4v) is 2.85. The summed E-state index contributed by atoms with van der Waals surface area (Å²) < 4.78 is 21.2. The summed E-state index contributed by atoms with van der Waals surface area (Å²) in [6.45, 7) is 13.5. The minimum atomic E-state index is -0.704. The van der Waals surface area contributed by atoms with Gasteiger partial charge in [0, 0.05) is 6.42 Å². The van der Waals surface area contributed by atoms with Gasteiger partial charge in [-0.25, -0.2) is 4.79 Å². The first-order valence-corrected chi connectivity index (χ1v) is 10.5. The van der Waals surface area contributed by atoms with Crippen LogP contribution in [0.2, 0.25) is 0 Å². The zero-order valence-electron chi connectivity index (χ0n) is 19.4. The molecule has 1 saturated heterocycles. The van der Waals surface area contributed by atoms with Crippen LogP contribution in [0.3, 0.4) is 0 Å². The smallest absolute Gasteiger partial charge is 0.407 e. The van der Waals surface area contributed by atoms with Gasteiger partial charge >= 0.3 is 18.0 Å². The van der Waals surface area contributed by atoms with Crippen molar-refractivity contribution in [2.24, 2.45) is 0 Å². The van der Waals surface area contributed by atoms with E-state index in [4.69, 9.17) is 18.9 Å². The lowest BCUT2D eigenvalue weighted by Gasteiger charge is -2.47. The Hall–Kier alpha value is -1.87. The molecule has 0 saturated carbocycles. The van der Waals surface area contributed by atoms with Crippen molar-refractivity contribution in [1.82, 2.24) is 10.6 Å². The van der Waals surface area contributed by atoms with E-state index >= 15 is 0 Å². The zero-order chi connectivity index (χ0) is 23.0. The molecule has 0 aliphatic carbocycles. The Morgan fingerprint density at radius 3 is 2.07 bits per heavy atom. The van der Waals surface area contributed by atoms with Crippen LogP contribution in [-0.4, -0.2) is 67.2 Å². The monoisotopic (exact) mass is 430 g/mol. The summed E-state index contributed by atoms with van der Waals surface area (Å²) in [5, 5.41) is 6.00. The number of amides is 1. The normalized spacial score (nSPS) is 16.8. The average molecular weight is 431 g/mol. The Morgan fingerprint density at radius 2 is 1.60 bits per heavy atom. The van der Waals surface area contributed by atoms with Crippen molar-refractivity contribution in [2.45, 2.75) is 90.5 Å². The Kier molecular flexibility index (Phi) is 9.55. The van der Waals surface area contributed by atoms with E-state index in [-0.39, 0.29) is 38.1 Å². The second kappa shape index (κ2) is 10.9. The van der Waals surface area contributed by atoms with Gasteiger partial charge in [-0.2, -0.15) is 0 Å². The lowest BCUT2D eigenvalue weighted by Crippen LogP contribution is -2.72. The Balaban J connectivity index is 2.84. The number of ether oxygens (including phenoxy) is 4. The molecule has 30 heavy (non-hydrogen) atoms. The lowest BCUT2D eigenvalue weighted by molar-refractivity contribution is -0.156. The lowest BCUT2D eigenvalue weighted by atomic mass is 9.85. The topological polar surface area (TPSA) is 112 Å². The largest absolute Gasteiger partial charge is 0.465 e. The number of esters is 2. The van der Waals surface area contributed by atoms with E-state index in [0.29, 0.717) is 13.0 Å². The first-order valence-electron chi connectivity index (χ1n) is 10.5. The molecule has 0 radical (unpaired) electrons. The van der Waals surface area contributed by atoms with E-state index in [9.17, 15) is 14.4 Å². The number of carbonyl (C=O) groups excluding carboxylic acids is 3. The van der Waals surface area contributed by atoms with E-state index in [0.717, 1.165) is 6.42 Å². The first-order chi connectivity index (χ1) is 13.8. The second-order valence-corrected chi connectivity index (χ2v) is 9.55. The van der Waals surface area contributed by atoms with Crippen LogP contribution in [0, 0.1) is 0 Å². The van der Waals surface area contributed by atoms with Gasteiger partial charge in [0.25, 0.3) is 0 Å². The Bertz CT molecular complexity index is 589. The molecule has 0 bridgehead atoms. The quantitative estimate of drug-likeness (QED) is 0.401. The van der Waals surface area contributed by atoms with Gasteiger partial charge in [-0.1, -0.05) is 6.92 Å². The molecule has 1 heterocycles. The van der Waals surface area contributed by atoms with Crippen LogP contribution in [0.4, 0.5) is 4.79 Å². The number of carbonyl (C=O) groups is 3. The van der Waals surface area contributed by atoms with Gasteiger partial charge in [-0.15, -0.1) is 0 Å². The highest BCUT2D eigenvalue weighted by atomic mass is 16.6. The molecule has 9 nitrogen and oxygen atoms in total. The molecule has 0 unspecified atom stereocenters. The maximum atomic E-state index is 12.4. The van der Waals surface area contributed by atoms with Crippen molar-refractivity contribution in [3.05, 3.63) is 0 Å². The molecule has 1 aliphatic rings. The molecule has 0 aromatic carbocycles. The summed E-state index contributed by atoms with van der Waals surface area (Å²) in [5.41, 5.74) is -1.96. The van der Waals surface area contributed by atoms with Gasteiger partial charge in [0.15, 0.2) is 0 Å². The number of alkyl carbamates (subject to hydrolysis) is 1. The molecule has 1 aliphatic heterocycles. The number of hydrogen-bond donors (Lipinski definition) is 2. The molecule has 1 rings (SSSR count). The summed E-state index contributed by atoms with van der Waals surface area (Å²) in [7, 11) is 0. The second-order valence-electron chi connectivity index (χ2n) is 9.55. The van der Waals surface area contributed by atoms with Crippen molar-refractivity contribution < 1.29 is 33.3 Å². The summed E-state index contributed by atoms with van der Waals surface area (Å²) in [5.74, 6) is -0.748. The van der Waals surface area contributed by atoms with Crippen LogP contribution in [0.5, 0.6) is 0 Å². The van der Waals surface area contributed by atoms with E-state index in [1.54, 1.807) is 41.5 Å². The first kappa shape index (κ1) is 26.2. The zero-order valence-corrected chi connectivity index (χ0v) is 19.4. The molecule has 9 heteroatoms. The SMILES string of the molecule is CCCOC(=O)CNC1([C@H](CCC(=O)OC(C)(C)C)NC(=O)OC(C)(C)C)COC1. The highest BCUT2D eigenvalue weighted by molar-refractivity contribution is 5.72. The Morgan fingerprint density at radius 1 is 1.00 bits per heavy atom. The fourth-order valence-electron chi connectivity index (χ4n) is 2.85. The number of hydrogen-bond acceptors (Lipinski definition) is 8. The molecule has 1 amide bonds. The fraction of sp³-hybridized carbons (Fsp3) is 0.857. The molecular formula is C21H38N2O7. The minimum Gasteiger partial charge on any atom is -0.465 e. The van der Waals surface area contributed by atoms with E-state index in [1.807, 2.05) is 6.92 Å². The van der Waals surface area contributed by atoms with Crippen LogP contribution >= 0.6 is 0 Å². The standard InChI is InChI=1S/C21H38N2O7/c1-8-11-28-17(25)12-22-21(13-27-14-21)15(23-18(26)30-20(5,6)7)9-10-16(24)29-19(2,3)4/h15,22H,8-14H2,1-7H3,(H,23,26)/t15-/m0/s1. The molecule has 0 spiro atoms. The highest BCUT2D eigenvalue weighted by Gasteiger charge is 2.47. The van der Waals surface area contributed by atoms with Gasteiger partial charge in [-0.3, -0.25) is 14.9 Å². The third-order valence-corrected chi connectivity index (χ3v) is 4.19. The molecule has 0 aromatic rings.